The third-order valence-corrected chi connectivity index (χ3v) is 2.36. The van der Waals surface area contributed by atoms with Crippen LogP contribution in [-0.2, 0) is 4.74 Å². The fourth-order valence-electron chi connectivity index (χ4n) is 1.46. The first-order valence-electron chi connectivity index (χ1n) is 5.53. The van der Waals surface area contributed by atoms with Crippen LogP contribution >= 0.6 is 0 Å². The summed E-state index contributed by atoms with van der Waals surface area (Å²) in [5.74, 6) is 0. The summed E-state index contributed by atoms with van der Waals surface area (Å²) < 4.78 is 5.23. The molecule has 0 saturated heterocycles. The highest BCUT2D eigenvalue weighted by atomic mass is 16.6. The Hall–Kier alpha value is -2.43. The molecule has 18 heavy (non-hydrogen) atoms. The molecule has 1 unspecified atom stereocenters. The zero-order valence-electron chi connectivity index (χ0n) is 9.91. The summed E-state index contributed by atoms with van der Waals surface area (Å²) in [6.07, 6.45) is 3.56. The molecule has 0 aliphatic carbocycles. The first kappa shape index (κ1) is 12.0. The third kappa shape index (κ3) is 3.28. The van der Waals surface area contributed by atoms with Crippen molar-refractivity contribution in [3.8, 4) is 0 Å². The number of anilines is 1. The Morgan fingerprint density at radius 1 is 1.22 bits per heavy atom. The fourth-order valence-corrected chi connectivity index (χ4v) is 1.46. The topological polar surface area (TPSA) is 64.1 Å². The Morgan fingerprint density at radius 2 is 1.89 bits per heavy atom. The van der Waals surface area contributed by atoms with Gasteiger partial charge in [-0.3, -0.25) is 5.32 Å². The van der Waals surface area contributed by atoms with Crippen LogP contribution in [-0.4, -0.2) is 16.1 Å². The number of nitrogens with zero attached hydrogens (tertiary/aromatic N) is 2. The van der Waals surface area contributed by atoms with Gasteiger partial charge in [-0.1, -0.05) is 30.3 Å². The molecule has 0 aliphatic heterocycles. The Labute approximate surface area is 105 Å². The summed E-state index contributed by atoms with van der Waals surface area (Å²) in [6, 6.07) is 9.53. The second-order valence-electron chi connectivity index (χ2n) is 3.71. The number of aromatic nitrogens is 2. The van der Waals surface area contributed by atoms with E-state index in [1.807, 2.05) is 37.3 Å². The highest BCUT2D eigenvalue weighted by Gasteiger charge is 2.11. The molecule has 2 aromatic rings. The van der Waals surface area contributed by atoms with Crippen LogP contribution in [0.4, 0.5) is 10.5 Å². The molecule has 0 saturated carbocycles. The van der Waals surface area contributed by atoms with E-state index in [0.717, 1.165) is 5.56 Å². The molecule has 0 radical (unpaired) electrons. The van der Waals surface area contributed by atoms with Gasteiger partial charge >= 0.3 is 6.09 Å². The minimum Gasteiger partial charge on any atom is -0.441 e. The highest BCUT2D eigenvalue weighted by Crippen LogP contribution is 2.16. The summed E-state index contributed by atoms with van der Waals surface area (Å²) in [5.41, 5.74) is 1.44. The van der Waals surface area contributed by atoms with Crippen LogP contribution in [0, 0.1) is 0 Å². The molecule has 1 aromatic carbocycles. The summed E-state index contributed by atoms with van der Waals surface area (Å²) in [6.45, 7) is 1.82. The van der Waals surface area contributed by atoms with E-state index in [1.165, 1.54) is 18.7 Å². The van der Waals surface area contributed by atoms with Crippen LogP contribution in [0.2, 0.25) is 0 Å². The van der Waals surface area contributed by atoms with E-state index < -0.39 is 6.09 Å². The molecule has 1 amide bonds. The van der Waals surface area contributed by atoms with Crippen molar-refractivity contribution >= 4 is 11.8 Å². The molecule has 0 spiro atoms. The zero-order valence-corrected chi connectivity index (χ0v) is 9.91. The molecule has 5 nitrogen and oxygen atoms in total. The van der Waals surface area contributed by atoms with Crippen LogP contribution in [0.3, 0.4) is 0 Å². The minimum atomic E-state index is -0.527. The van der Waals surface area contributed by atoms with Gasteiger partial charge in [0.2, 0.25) is 0 Å². The molecule has 0 fully saturated rings. The smallest absolute Gasteiger partial charge is 0.412 e. The summed E-state index contributed by atoms with van der Waals surface area (Å²) in [5, 5.41) is 2.56. The molecule has 2 rings (SSSR count). The van der Waals surface area contributed by atoms with E-state index in [1.54, 1.807) is 0 Å². The van der Waals surface area contributed by atoms with Crippen molar-refractivity contribution in [2.24, 2.45) is 0 Å². The molecule has 1 atom stereocenters. The highest BCUT2D eigenvalue weighted by molar-refractivity contribution is 5.84. The van der Waals surface area contributed by atoms with Gasteiger partial charge in [-0.15, -0.1) is 0 Å². The van der Waals surface area contributed by atoms with E-state index >= 15 is 0 Å². The van der Waals surface area contributed by atoms with Crippen LogP contribution in [0.15, 0.2) is 49.1 Å². The summed E-state index contributed by atoms with van der Waals surface area (Å²) in [4.78, 5) is 19.2. The maximum Gasteiger partial charge on any atom is 0.412 e. The number of rotatable bonds is 3. The van der Waals surface area contributed by atoms with Gasteiger partial charge < -0.3 is 4.74 Å². The van der Waals surface area contributed by atoms with E-state index in [2.05, 4.69) is 15.3 Å². The number of nitrogens with one attached hydrogen (secondary N) is 1. The predicted molar refractivity (Wildman–Crippen MR) is 67.0 cm³/mol. The van der Waals surface area contributed by atoms with Gasteiger partial charge in [-0.25, -0.2) is 14.8 Å². The zero-order chi connectivity index (χ0) is 12.8. The second-order valence-corrected chi connectivity index (χ2v) is 3.71. The van der Waals surface area contributed by atoms with E-state index in [0.29, 0.717) is 5.69 Å². The average molecular weight is 243 g/mol. The van der Waals surface area contributed by atoms with E-state index in [4.69, 9.17) is 4.74 Å². The van der Waals surface area contributed by atoms with Gasteiger partial charge in [0, 0.05) is 0 Å². The molecule has 92 valence electrons. The van der Waals surface area contributed by atoms with Crippen LogP contribution < -0.4 is 5.32 Å². The SMILES string of the molecule is CC(OC(=O)Nc1cncnc1)c1ccccc1. The maximum atomic E-state index is 11.6. The van der Waals surface area contributed by atoms with Gasteiger partial charge in [0.05, 0.1) is 18.1 Å². The minimum absolute atomic E-state index is 0.309. The Balaban J connectivity index is 1.92. The molecular weight excluding hydrogens is 230 g/mol. The lowest BCUT2D eigenvalue weighted by Crippen LogP contribution is -2.16. The van der Waals surface area contributed by atoms with Crippen molar-refractivity contribution in [2.45, 2.75) is 13.0 Å². The number of benzene rings is 1. The third-order valence-electron chi connectivity index (χ3n) is 2.36. The number of hydrogen-bond acceptors (Lipinski definition) is 4. The number of hydrogen-bond donors (Lipinski definition) is 1. The average Bonchev–Trinajstić information content (AvgIpc) is 2.40. The molecule has 1 aromatic heterocycles. The molecule has 1 N–H and O–H groups in total. The van der Waals surface area contributed by atoms with Gasteiger partial charge in [-0.05, 0) is 12.5 Å². The van der Waals surface area contributed by atoms with Crippen molar-refractivity contribution in [3.05, 3.63) is 54.6 Å². The second kappa shape index (κ2) is 5.77. The van der Waals surface area contributed by atoms with Gasteiger partial charge in [0.15, 0.2) is 0 Å². The molecule has 1 heterocycles. The predicted octanol–water partition coefficient (Wildman–Crippen LogP) is 2.79. The normalized spacial score (nSPS) is 11.6. The first-order valence-corrected chi connectivity index (χ1v) is 5.53. The maximum absolute atomic E-state index is 11.6. The lowest BCUT2D eigenvalue weighted by atomic mass is 10.1. The van der Waals surface area contributed by atoms with Crippen molar-refractivity contribution < 1.29 is 9.53 Å². The molecule has 0 bridgehead atoms. The Kier molecular flexibility index (Phi) is 3.86. The summed E-state index contributed by atoms with van der Waals surface area (Å²) >= 11 is 0. The van der Waals surface area contributed by atoms with Crippen LogP contribution in [0.1, 0.15) is 18.6 Å². The van der Waals surface area contributed by atoms with Crippen molar-refractivity contribution in [3.63, 3.8) is 0 Å². The number of ether oxygens (including phenoxy) is 1. The number of carbonyl (C=O) groups is 1. The van der Waals surface area contributed by atoms with Gasteiger partial charge in [-0.2, -0.15) is 0 Å². The number of carbonyl (C=O) groups excluding carboxylic acids is 1. The number of amides is 1. The van der Waals surface area contributed by atoms with Gasteiger partial charge in [0.25, 0.3) is 0 Å². The molecule has 0 aliphatic rings. The van der Waals surface area contributed by atoms with Crippen LogP contribution in [0.25, 0.3) is 0 Å². The largest absolute Gasteiger partial charge is 0.441 e. The van der Waals surface area contributed by atoms with Crippen molar-refractivity contribution in [2.75, 3.05) is 5.32 Å². The lowest BCUT2D eigenvalue weighted by Gasteiger charge is -2.13. The lowest BCUT2D eigenvalue weighted by molar-refractivity contribution is 0.121. The van der Waals surface area contributed by atoms with Gasteiger partial charge in [0.1, 0.15) is 12.4 Å². The van der Waals surface area contributed by atoms with Crippen molar-refractivity contribution in [1.82, 2.24) is 9.97 Å². The monoisotopic (exact) mass is 243 g/mol. The van der Waals surface area contributed by atoms with E-state index in [9.17, 15) is 4.79 Å². The standard InChI is InChI=1S/C13H13N3O2/c1-10(11-5-3-2-4-6-11)18-13(17)16-12-7-14-9-15-8-12/h2-10H,1H3,(H,16,17). The molecule has 5 heteroatoms. The first-order chi connectivity index (χ1) is 8.75. The summed E-state index contributed by atoms with van der Waals surface area (Å²) in [7, 11) is 0. The molecular formula is C13H13N3O2. The quantitative estimate of drug-likeness (QED) is 0.900. The Bertz CT molecular complexity index is 502. The van der Waals surface area contributed by atoms with Crippen molar-refractivity contribution in [1.29, 1.82) is 0 Å². The van der Waals surface area contributed by atoms with Crippen LogP contribution in [0.5, 0.6) is 0 Å². The Morgan fingerprint density at radius 3 is 2.56 bits per heavy atom. The van der Waals surface area contributed by atoms with E-state index in [-0.39, 0.29) is 6.10 Å². The fraction of sp³-hybridized carbons (Fsp3) is 0.154.